The molecule has 1 heterocycles. The zero-order valence-electron chi connectivity index (χ0n) is 11.4. The van der Waals surface area contributed by atoms with Crippen LogP contribution < -0.4 is 14.8 Å². The van der Waals surface area contributed by atoms with E-state index < -0.39 is 0 Å². The van der Waals surface area contributed by atoms with Gasteiger partial charge in [-0.15, -0.1) is 0 Å². The first-order valence-corrected chi connectivity index (χ1v) is 7.92. The van der Waals surface area contributed by atoms with Crippen molar-refractivity contribution in [3.63, 3.8) is 0 Å². The number of ether oxygens (including phenoxy) is 2. The van der Waals surface area contributed by atoms with Gasteiger partial charge in [0.2, 0.25) is 0 Å². The highest BCUT2D eigenvalue weighted by molar-refractivity contribution is 9.10. The maximum absolute atomic E-state index is 6.18. The molecule has 0 atom stereocenters. The van der Waals surface area contributed by atoms with Crippen molar-refractivity contribution >= 4 is 27.5 Å². The Labute approximate surface area is 137 Å². The number of hydrogen-bond acceptors (Lipinski definition) is 3. The Morgan fingerprint density at radius 2 is 1.81 bits per heavy atom. The molecule has 1 aliphatic heterocycles. The molecule has 1 aliphatic rings. The van der Waals surface area contributed by atoms with Gasteiger partial charge in [-0.3, -0.25) is 0 Å². The van der Waals surface area contributed by atoms with E-state index in [0.29, 0.717) is 19.8 Å². The van der Waals surface area contributed by atoms with Gasteiger partial charge in [-0.1, -0.05) is 33.6 Å². The van der Waals surface area contributed by atoms with E-state index in [1.165, 1.54) is 0 Å². The first kappa shape index (κ1) is 14.7. The molecule has 0 unspecified atom stereocenters. The van der Waals surface area contributed by atoms with Gasteiger partial charge in [-0.25, -0.2) is 0 Å². The molecule has 0 amide bonds. The van der Waals surface area contributed by atoms with Crippen LogP contribution in [0.25, 0.3) is 0 Å². The van der Waals surface area contributed by atoms with Gasteiger partial charge in [0, 0.05) is 22.6 Å². The van der Waals surface area contributed by atoms with Crippen LogP contribution in [0, 0.1) is 0 Å². The third-order valence-electron chi connectivity index (χ3n) is 3.26. The average molecular weight is 369 g/mol. The molecule has 0 saturated carbocycles. The van der Waals surface area contributed by atoms with E-state index in [9.17, 15) is 0 Å². The van der Waals surface area contributed by atoms with Gasteiger partial charge in [0.15, 0.2) is 11.5 Å². The normalized spacial score (nSPS) is 13.2. The molecule has 5 heteroatoms. The SMILES string of the molecule is Clc1ccc(Br)cc1CNCc1ccc2c(c1)OCCO2. The van der Waals surface area contributed by atoms with Crippen molar-refractivity contribution in [2.45, 2.75) is 13.1 Å². The van der Waals surface area contributed by atoms with E-state index in [1.807, 2.05) is 36.4 Å². The number of rotatable bonds is 4. The molecule has 2 aromatic rings. The van der Waals surface area contributed by atoms with Crippen molar-refractivity contribution < 1.29 is 9.47 Å². The number of fused-ring (bicyclic) bond motifs is 1. The molecule has 0 saturated heterocycles. The van der Waals surface area contributed by atoms with Gasteiger partial charge >= 0.3 is 0 Å². The summed E-state index contributed by atoms with van der Waals surface area (Å²) in [6.45, 7) is 2.69. The van der Waals surface area contributed by atoms with Gasteiger partial charge in [0.05, 0.1) is 0 Å². The number of hydrogen-bond donors (Lipinski definition) is 1. The standard InChI is InChI=1S/C16H15BrClNO2/c17-13-2-3-14(18)12(8-13)10-19-9-11-1-4-15-16(7-11)21-6-5-20-15/h1-4,7-8,19H,5-6,9-10H2. The fourth-order valence-corrected chi connectivity index (χ4v) is 2.81. The van der Waals surface area contributed by atoms with Crippen molar-refractivity contribution in [1.29, 1.82) is 0 Å². The smallest absolute Gasteiger partial charge is 0.161 e. The summed E-state index contributed by atoms with van der Waals surface area (Å²) in [4.78, 5) is 0. The van der Waals surface area contributed by atoms with Crippen LogP contribution in [0.3, 0.4) is 0 Å². The summed E-state index contributed by atoms with van der Waals surface area (Å²) < 4.78 is 12.1. The lowest BCUT2D eigenvalue weighted by molar-refractivity contribution is 0.171. The summed E-state index contributed by atoms with van der Waals surface area (Å²) in [6, 6.07) is 11.9. The predicted octanol–water partition coefficient (Wildman–Crippen LogP) is 4.16. The van der Waals surface area contributed by atoms with Crippen molar-refractivity contribution in [3.8, 4) is 11.5 Å². The summed E-state index contributed by atoms with van der Waals surface area (Å²) in [5, 5.41) is 4.16. The van der Waals surface area contributed by atoms with E-state index in [2.05, 4.69) is 21.2 Å². The highest BCUT2D eigenvalue weighted by Crippen LogP contribution is 2.30. The van der Waals surface area contributed by atoms with Crippen LogP contribution in [0.5, 0.6) is 11.5 Å². The fraction of sp³-hybridized carbons (Fsp3) is 0.250. The van der Waals surface area contributed by atoms with E-state index in [4.69, 9.17) is 21.1 Å². The minimum Gasteiger partial charge on any atom is -0.486 e. The molecule has 0 bridgehead atoms. The highest BCUT2D eigenvalue weighted by Gasteiger charge is 2.11. The highest BCUT2D eigenvalue weighted by atomic mass is 79.9. The molecule has 1 N–H and O–H groups in total. The lowest BCUT2D eigenvalue weighted by atomic mass is 10.1. The molecule has 21 heavy (non-hydrogen) atoms. The van der Waals surface area contributed by atoms with Crippen LogP contribution in [0.15, 0.2) is 40.9 Å². The minimum atomic E-state index is 0.609. The summed E-state index contributed by atoms with van der Waals surface area (Å²) in [7, 11) is 0. The van der Waals surface area contributed by atoms with Crippen LogP contribution in [0.1, 0.15) is 11.1 Å². The van der Waals surface area contributed by atoms with Crippen molar-refractivity contribution in [1.82, 2.24) is 5.32 Å². The Bertz CT molecular complexity index is 648. The minimum absolute atomic E-state index is 0.609. The summed E-state index contributed by atoms with van der Waals surface area (Å²) in [5.74, 6) is 1.64. The zero-order valence-corrected chi connectivity index (χ0v) is 13.7. The molecule has 0 fully saturated rings. The molecule has 3 nitrogen and oxygen atoms in total. The summed E-state index contributed by atoms with van der Waals surface area (Å²) >= 11 is 9.63. The topological polar surface area (TPSA) is 30.5 Å². The van der Waals surface area contributed by atoms with Gasteiger partial charge in [0.1, 0.15) is 13.2 Å². The number of benzene rings is 2. The maximum Gasteiger partial charge on any atom is 0.161 e. The van der Waals surface area contributed by atoms with E-state index in [-0.39, 0.29) is 0 Å². The third kappa shape index (κ3) is 3.70. The molecular formula is C16H15BrClNO2. The second-order valence-corrected chi connectivity index (χ2v) is 6.14. The van der Waals surface area contributed by atoms with Gasteiger partial charge < -0.3 is 14.8 Å². The first-order chi connectivity index (χ1) is 10.2. The molecular weight excluding hydrogens is 354 g/mol. The Morgan fingerprint density at radius 3 is 2.67 bits per heavy atom. The first-order valence-electron chi connectivity index (χ1n) is 6.75. The average Bonchev–Trinajstić information content (AvgIpc) is 2.50. The van der Waals surface area contributed by atoms with E-state index in [1.54, 1.807) is 0 Å². The summed E-state index contributed by atoms with van der Waals surface area (Å²) in [6.07, 6.45) is 0. The Kier molecular flexibility index (Phi) is 4.68. The zero-order chi connectivity index (χ0) is 14.7. The van der Waals surface area contributed by atoms with Crippen molar-refractivity contribution in [2.24, 2.45) is 0 Å². The second-order valence-electron chi connectivity index (χ2n) is 4.82. The monoisotopic (exact) mass is 367 g/mol. The molecule has 0 aliphatic carbocycles. The quantitative estimate of drug-likeness (QED) is 0.879. The lowest BCUT2D eigenvalue weighted by Crippen LogP contribution is -2.16. The van der Waals surface area contributed by atoms with Crippen molar-refractivity contribution in [2.75, 3.05) is 13.2 Å². The molecule has 0 aromatic heterocycles. The largest absolute Gasteiger partial charge is 0.486 e. The number of nitrogens with one attached hydrogen (secondary N) is 1. The van der Waals surface area contributed by atoms with Gasteiger partial charge in [-0.05, 0) is 41.5 Å². The summed E-state index contributed by atoms with van der Waals surface area (Å²) in [5.41, 5.74) is 2.23. The molecule has 2 aromatic carbocycles. The lowest BCUT2D eigenvalue weighted by Gasteiger charge is -2.19. The molecule has 0 radical (unpaired) electrons. The Morgan fingerprint density at radius 1 is 1.00 bits per heavy atom. The van der Waals surface area contributed by atoms with E-state index in [0.717, 1.165) is 38.7 Å². The number of halogens is 2. The van der Waals surface area contributed by atoms with Crippen LogP contribution in [0.2, 0.25) is 5.02 Å². The Hall–Kier alpha value is -1.23. The fourth-order valence-electron chi connectivity index (χ4n) is 2.22. The van der Waals surface area contributed by atoms with Crippen LogP contribution in [0.4, 0.5) is 0 Å². The van der Waals surface area contributed by atoms with E-state index >= 15 is 0 Å². The Balaban J connectivity index is 1.61. The van der Waals surface area contributed by atoms with Crippen LogP contribution in [-0.4, -0.2) is 13.2 Å². The van der Waals surface area contributed by atoms with Crippen LogP contribution >= 0.6 is 27.5 Å². The molecule has 3 rings (SSSR count). The second kappa shape index (κ2) is 6.69. The third-order valence-corrected chi connectivity index (χ3v) is 4.12. The van der Waals surface area contributed by atoms with Gasteiger partial charge in [-0.2, -0.15) is 0 Å². The molecule has 0 spiro atoms. The molecule has 110 valence electrons. The predicted molar refractivity (Wildman–Crippen MR) is 87.1 cm³/mol. The maximum atomic E-state index is 6.18. The van der Waals surface area contributed by atoms with Crippen molar-refractivity contribution in [3.05, 3.63) is 57.0 Å². The van der Waals surface area contributed by atoms with Crippen LogP contribution in [-0.2, 0) is 13.1 Å². The van der Waals surface area contributed by atoms with Gasteiger partial charge in [0.25, 0.3) is 0 Å².